The van der Waals surface area contributed by atoms with E-state index in [1.165, 1.54) is 0 Å². The molecule has 1 aromatic rings. The second kappa shape index (κ2) is 7.55. The van der Waals surface area contributed by atoms with Crippen LogP contribution in [0.5, 0.6) is 5.75 Å². The molecule has 0 aromatic heterocycles. The molecule has 0 saturated carbocycles. The first-order valence-corrected chi connectivity index (χ1v) is 5.98. The maximum atomic E-state index is 12.0. The number of nitrogens with two attached hydrogens (primary N) is 1. The van der Waals surface area contributed by atoms with E-state index in [-0.39, 0.29) is 5.91 Å². The first-order valence-electron chi connectivity index (χ1n) is 5.98. The predicted octanol–water partition coefficient (Wildman–Crippen LogP) is 1.43. The molecular weight excluding hydrogens is 232 g/mol. The van der Waals surface area contributed by atoms with Crippen LogP contribution in [-0.2, 0) is 4.74 Å². The molecule has 0 aliphatic heterocycles. The van der Waals surface area contributed by atoms with Gasteiger partial charge in [0.2, 0.25) is 0 Å². The van der Waals surface area contributed by atoms with E-state index < -0.39 is 0 Å². The molecule has 18 heavy (non-hydrogen) atoms. The number of nitrogen functional groups attached to an aromatic ring is 1. The first kappa shape index (κ1) is 14.3. The summed E-state index contributed by atoms with van der Waals surface area (Å²) in [5, 5.41) is 2.81. The number of hydrogen-bond donors (Lipinski definition) is 2. The van der Waals surface area contributed by atoms with Gasteiger partial charge >= 0.3 is 0 Å². The lowest BCUT2D eigenvalue weighted by Gasteiger charge is -2.11. The molecule has 0 aliphatic rings. The fourth-order valence-electron chi connectivity index (χ4n) is 1.52. The van der Waals surface area contributed by atoms with Gasteiger partial charge in [0.1, 0.15) is 5.75 Å². The molecule has 0 bridgehead atoms. The summed E-state index contributed by atoms with van der Waals surface area (Å²) in [5.74, 6) is 0.373. The highest BCUT2D eigenvalue weighted by molar-refractivity contribution is 5.97. The normalized spacial score (nSPS) is 10.1. The zero-order chi connectivity index (χ0) is 13.4. The van der Waals surface area contributed by atoms with Gasteiger partial charge in [0.25, 0.3) is 5.91 Å². The van der Waals surface area contributed by atoms with E-state index in [1.54, 1.807) is 25.3 Å². The summed E-state index contributed by atoms with van der Waals surface area (Å²) >= 11 is 0. The van der Waals surface area contributed by atoms with Crippen molar-refractivity contribution < 1.29 is 14.3 Å². The molecule has 0 aliphatic carbocycles. The smallest absolute Gasteiger partial charge is 0.255 e. The zero-order valence-corrected chi connectivity index (χ0v) is 10.9. The van der Waals surface area contributed by atoms with Crippen LogP contribution in [0.1, 0.15) is 23.7 Å². The van der Waals surface area contributed by atoms with E-state index >= 15 is 0 Å². The summed E-state index contributed by atoms with van der Waals surface area (Å²) in [6, 6.07) is 5.05. The van der Waals surface area contributed by atoms with Crippen molar-refractivity contribution in [3.8, 4) is 5.75 Å². The second-order valence-corrected chi connectivity index (χ2v) is 3.79. The Labute approximate surface area is 107 Å². The Hall–Kier alpha value is -1.75. The summed E-state index contributed by atoms with van der Waals surface area (Å²) in [4.78, 5) is 12.0. The maximum Gasteiger partial charge on any atom is 0.255 e. The number of carbonyl (C=O) groups is 1. The van der Waals surface area contributed by atoms with Gasteiger partial charge in [-0.1, -0.05) is 0 Å². The molecule has 5 heteroatoms. The Morgan fingerprint density at radius 1 is 1.44 bits per heavy atom. The standard InChI is InChI=1S/C13H20N2O3/c1-3-18-12-6-5-10(14)9-11(12)13(16)15-7-4-8-17-2/h5-6,9H,3-4,7-8,14H2,1-2H3,(H,15,16). The predicted molar refractivity (Wildman–Crippen MR) is 70.8 cm³/mol. The third-order valence-corrected chi connectivity index (χ3v) is 2.36. The van der Waals surface area contributed by atoms with Gasteiger partial charge in [-0.15, -0.1) is 0 Å². The molecule has 1 aromatic carbocycles. The van der Waals surface area contributed by atoms with Gasteiger partial charge in [-0.3, -0.25) is 4.79 Å². The van der Waals surface area contributed by atoms with Gasteiger partial charge in [0.05, 0.1) is 12.2 Å². The van der Waals surface area contributed by atoms with Gasteiger partial charge in [0, 0.05) is 25.9 Å². The van der Waals surface area contributed by atoms with E-state index in [1.807, 2.05) is 6.92 Å². The van der Waals surface area contributed by atoms with Crippen molar-refractivity contribution in [2.45, 2.75) is 13.3 Å². The van der Waals surface area contributed by atoms with Gasteiger partial charge in [-0.2, -0.15) is 0 Å². The lowest BCUT2D eigenvalue weighted by Crippen LogP contribution is -2.25. The van der Waals surface area contributed by atoms with Crippen molar-refractivity contribution in [1.82, 2.24) is 5.32 Å². The summed E-state index contributed by atoms with van der Waals surface area (Å²) in [6.07, 6.45) is 0.772. The summed E-state index contributed by atoms with van der Waals surface area (Å²) in [6.45, 7) is 3.56. The number of amides is 1. The molecule has 0 spiro atoms. The number of rotatable bonds is 7. The maximum absolute atomic E-state index is 12.0. The SMILES string of the molecule is CCOc1ccc(N)cc1C(=O)NCCCOC. The van der Waals surface area contributed by atoms with Crippen LogP contribution in [0.15, 0.2) is 18.2 Å². The molecule has 5 nitrogen and oxygen atoms in total. The van der Waals surface area contributed by atoms with Gasteiger partial charge in [-0.25, -0.2) is 0 Å². The van der Waals surface area contributed by atoms with E-state index in [2.05, 4.69) is 5.32 Å². The van der Waals surface area contributed by atoms with Crippen molar-refractivity contribution in [3.63, 3.8) is 0 Å². The lowest BCUT2D eigenvalue weighted by atomic mass is 10.1. The van der Waals surface area contributed by atoms with Crippen LogP contribution in [0.4, 0.5) is 5.69 Å². The molecule has 0 saturated heterocycles. The van der Waals surface area contributed by atoms with E-state index in [9.17, 15) is 4.79 Å². The Balaban J connectivity index is 2.67. The lowest BCUT2D eigenvalue weighted by molar-refractivity contribution is 0.0945. The fraction of sp³-hybridized carbons (Fsp3) is 0.462. The van der Waals surface area contributed by atoms with E-state index in [0.29, 0.717) is 36.8 Å². The Morgan fingerprint density at radius 2 is 2.22 bits per heavy atom. The second-order valence-electron chi connectivity index (χ2n) is 3.79. The topological polar surface area (TPSA) is 73.6 Å². The summed E-state index contributed by atoms with van der Waals surface area (Å²) in [5.41, 5.74) is 6.69. The molecule has 0 unspecified atom stereocenters. The largest absolute Gasteiger partial charge is 0.493 e. The van der Waals surface area contributed by atoms with Crippen molar-refractivity contribution >= 4 is 11.6 Å². The number of hydrogen-bond acceptors (Lipinski definition) is 4. The highest BCUT2D eigenvalue weighted by Crippen LogP contribution is 2.21. The van der Waals surface area contributed by atoms with Crippen LogP contribution < -0.4 is 15.8 Å². The van der Waals surface area contributed by atoms with Crippen LogP contribution in [0.3, 0.4) is 0 Å². The third kappa shape index (κ3) is 4.25. The monoisotopic (exact) mass is 252 g/mol. The molecule has 0 atom stereocenters. The van der Waals surface area contributed by atoms with Crippen molar-refractivity contribution in [1.29, 1.82) is 0 Å². The van der Waals surface area contributed by atoms with Crippen molar-refractivity contribution in [2.24, 2.45) is 0 Å². The molecule has 0 fully saturated rings. The van der Waals surface area contributed by atoms with Crippen LogP contribution in [0.2, 0.25) is 0 Å². The van der Waals surface area contributed by atoms with Gasteiger partial charge in [0.15, 0.2) is 0 Å². The van der Waals surface area contributed by atoms with Crippen molar-refractivity contribution in [3.05, 3.63) is 23.8 Å². The number of anilines is 1. The van der Waals surface area contributed by atoms with Crippen molar-refractivity contribution in [2.75, 3.05) is 32.6 Å². The molecule has 0 radical (unpaired) electrons. The highest BCUT2D eigenvalue weighted by atomic mass is 16.5. The quantitative estimate of drug-likeness (QED) is 0.569. The molecule has 3 N–H and O–H groups in total. The third-order valence-electron chi connectivity index (χ3n) is 2.36. The van der Waals surface area contributed by atoms with Crippen LogP contribution in [-0.4, -0.2) is 32.8 Å². The number of ether oxygens (including phenoxy) is 2. The minimum Gasteiger partial charge on any atom is -0.493 e. The van der Waals surface area contributed by atoms with Crippen LogP contribution in [0, 0.1) is 0 Å². The van der Waals surface area contributed by atoms with E-state index in [0.717, 1.165) is 6.42 Å². The minimum atomic E-state index is -0.179. The molecule has 1 amide bonds. The Kier molecular flexibility index (Phi) is 6.00. The van der Waals surface area contributed by atoms with Crippen LogP contribution >= 0.6 is 0 Å². The number of methoxy groups -OCH3 is 1. The molecular formula is C13H20N2O3. The number of nitrogens with one attached hydrogen (secondary N) is 1. The average molecular weight is 252 g/mol. The molecule has 0 heterocycles. The molecule has 100 valence electrons. The van der Waals surface area contributed by atoms with Gasteiger partial charge < -0.3 is 20.5 Å². The van der Waals surface area contributed by atoms with Gasteiger partial charge in [-0.05, 0) is 31.5 Å². The minimum absolute atomic E-state index is 0.179. The molecule has 1 rings (SSSR count). The summed E-state index contributed by atoms with van der Waals surface area (Å²) in [7, 11) is 1.63. The average Bonchev–Trinajstić information content (AvgIpc) is 2.37. The Morgan fingerprint density at radius 3 is 2.89 bits per heavy atom. The fourth-order valence-corrected chi connectivity index (χ4v) is 1.52. The zero-order valence-electron chi connectivity index (χ0n) is 10.9. The Bertz CT molecular complexity index is 394. The number of benzene rings is 1. The van der Waals surface area contributed by atoms with Crippen LogP contribution in [0.25, 0.3) is 0 Å². The number of carbonyl (C=O) groups excluding carboxylic acids is 1. The van der Waals surface area contributed by atoms with E-state index in [4.69, 9.17) is 15.2 Å². The highest BCUT2D eigenvalue weighted by Gasteiger charge is 2.12. The first-order chi connectivity index (χ1) is 8.69. The summed E-state index contributed by atoms with van der Waals surface area (Å²) < 4.78 is 10.3.